The molecule has 1 saturated carbocycles. The summed E-state index contributed by atoms with van der Waals surface area (Å²) in [6, 6.07) is 8.34. The van der Waals surface area contributed by atoms with Crippen molar-refractivity contribution < 1.29 is 9.53 Å². The van der Waals surface area contributed by atoms with Crippen molar-refractivity contribution in [2.75, 3.05) is 12.4 Å². The van der Waals surface area contributed by atoms with Crippen LogP contribution >= 0.6 is 15.9 Å². The summed E-state index contributed by atoms with van der Waals surface area (Å²) < 4.78 is 5.87. The second kappa shape index (κ2) is 6.02. The molecule has 0 radical (unpaired) electrons. The smallest absolute Gasteiger partial charge is 0.308 e. The van der Waals surface area contributed by atoms with E-state index in [4.69, 9.17) is 4.74 Å². The lowest BCUT2D eigenvalue weighted by Gasteiger charge is -2.16. The Morgan fingerprint density at radius 3 is 3.05 bits per heavy atom. The summed E-state index contributed by atoms with van der Waals surface area (Å²) in [6.45, 7) is 0. The third kappa shape index (κ3) is 3.02. The number of carbonyl (C=O) groups excluding carboxylic acids is 1. The molecule has 1 aliphatic carbocycles. The predicted molar refractivity (Wildman–Crippen MR) is 86.2 cm³/mol. The van der Waals surface area contributed by atoms with Crippen LogP contribution in [0.3, 0.4) is 0 Å². The number of methoxy groups -OCH3 is 1. The van der Waals surface area contributed by atoms with Crippen molar-refractivity contribution in [3.8, 4) is 0 Å². The number of rotatable bonds is 3. The molecule has 1 aliphatic rings. The fourth-order valence-electron chi connectivity index (χ4n) is 2.96. The van der Waals surface area contributed by atoms with Crippen LogP contribution in [0.25, 0.3) is 10.9 Å². The van der Waals surface area contributed by atoms with Crippen LogP contribution in [0.2, 0.25) is 0 Å². The third-order valence-corrected chi connectivity index (χ3v) is 4.52. The van der Waals surface area contributed by atoms with Gasteiger partial charge in [0.25, 0.3) is 0 Å². The van der Waals surface area contributed by atoms with Gasteiger partial charge in [-0.1, -0.05) is 15.9 Å². The van der Waals surface area contributed by atoms with Crippen LogP contribution in [-0.2, 0) is 9.53 Å². The number of anilines is 1. The molecule has 1 aromatic carbocycles. The molecule has 0 amide bonds. The van der Waals surface area contributed by atoms with Crippen LogP contribution in [0, 0.1) is 5.92 Å². The first kappa shape index (κ1) is 14.3. The van der Waals surface area contributed by atoms with E-state index in [-0.39, 0.29) is 11.9 Å². The number of carbonyl (C=O) groups is 1. The molecule has 5 heteroatoms. The first-order valence-electron chi connectivity index (χ1n) is 7.06. The van der Waals surface area contributed by atoms with Gasteiger partial charge in [-0.15, -0.1) is 0 Å². The highest BCUT2D eigenvalue weighted by molar-refractivity contribution is 9.10. The molecular formula is C16H17BrN2O2. The van der Waals surface area contributed by atoms with Crippen LogP contribution in [-0.4, -0.2) is 24.1 Å². The summed E-state index contributed by atoms with van der Waals surface area (Å²) in [5.74, 6) is -0.0750. The Labute approximate surface area is 132 Å². The lowest BCUT2D eigenvalue weighted by Crippen LogP contribution is -2.19. The van der Waals surface area contributed by atoms with Gasteiger partial charge in [0, 0.05) is 27.8 Å². The van der Waals surface area contributed by atoms with Crippen LogP contribution in [0.15, 0.2) is 34.9 Å². The number of nitrogens with zero attached hydrogens (tertiary/aromatic N) is 1. The standard InChI is InChI=1S/C16H17BrN2O2/c1-21-16(20)10-2-4-12(8-10)19-15-6-7-18-14-5-3-11(17)9-13(14)15/h3,5-7,9-10,12H,2,4,8H2,1H3,(H,18,19)/t10-,12+/m0/s1. The average Bonchev–Trinajstić information content (AvgIpc) is 2.95. The highest BCUT2D eigenvalue weighted by Crippen LogP contribution is 2.31. The molecule has 0 bridgehead atoms. The zero-order valence-electron chi connectivity index (χ0n) is 11.8. The second-order valence-corrected chi connectivity index (χ2v) is 6.31. The molecule has 21 heavy (non-hydrogen) atoms. The minimum atomic E-state index is -0.0957. The monoisotopic (exact) mass is 348 g/mol. The van der Waals surface area contributed by atoms with Gasteiger partial charge in [0.15, 0.2) is 0 Å². The van der Waals surface area contributed by atoms with Crippen molar-refractivity contribution in [1.82, 2.24) is 4.98 Å². The number of pyridine rings is 1. The highest BCUT2D eigenvalue weighted by Gasteiger charge is 2.30. The van der Waals surface area contributed by atoms with Crippen LogP contribution in [0.5, 0.6) is 0 Å². The molecule has 2 atom stereocenters. The van der Waals surface area contributed by atoms with Crippen molar-refractivity contribution in [2.45, 2.75) is 25.3 Å². The van der Waals surface area contributed by atoms with E-state index in [0.29, 0.717) is 6.04 Å². The van der Waals surface area contributed by atoms with Crippen molar-refractivity contribution in [2.24, 2.45) is 5.92 Å². The summed E-state index contributed by atoms with van der Waals surface area (Å²) in [7, 11) is 1.46. The van der Waals surface area contributed by atoms with Gasteiger partial charge >= 0.3 is 5.97 Å². The Balaban J connectivity index is 1.80. The topological polar surface area (TPSA) is 51.2 Å². The molecule has 110 valence electrons. The quantitative estimate of drug-likeness (QED) is 0.858. The van der Waals surface area contributed by atoms with Gasteiger partial charge in [-0.25, -0.2) is 0 Å². The average molecular weight is 349 g/mol. The van der Waals surface area contributed by atoms with E-state index < -0.39 is 0 Å². The summed E-state index contributed by atoms with van der Waals surface area (Å²) >= 11 is 3.50. The number of hydrogen-bond donors (Lipinski definition) is 1. The predicted octanol–water partition coefficient (Wildman–Crippen LogP) is 3.75. The van der Waals surface area contributed by atoms with Crippen molar-refractivity contribution in [3.05, 3.63) is 34.9 Å². The molecule has 0 unspecified atom stereocenters. The summed E-state index contributed by atoms with van der Waals surface area (Å²) in [5, 5.41) is 4.64. The van der Waals surface area contributed by atoms with E-state index in [1.807, 2.05) is 24.4 Å². The molecule has 2 aromatic rings. The van der Waals surface area contributed by atoms with E-state index >= 15 is 0 Å². The lowest BCUT2D eigenvalue weighted by molar-refractivity contribution is -0.145. The molecule has 0 saturated heterocycles. The number of aromatic nitrogens is 1. The van der Waals surface area contributed by atoms with Crippen LogP contribution in [0.1, 0.15) is 19.3 Å². The fraction of sp³-hybridized carbons (Fsp3) is 0.375. The Bertz CT molecular complexity index is 674. The van der Waals surface area contributed by atoms with Crippen molar-refractivity contribution >= 4 is 38.5 Å². The first-order chi connectivity index (χ1) is 10.2. The molecular weight excluding hydrogens is 332 g/mol. The van der Waals surface area contributed by atoms with Gasteiger partial charge in [0.1, 0.15) is 0 Å². The first-order valence-corrected chi connectivity index (χ1v) is 7.85. The number of hydrogen-bond acceptors (Lipinski definition) is 4. The van der Waals surface area contributed by atoms with Crippen LogP contribution in [0.4, 0.5) is 5.69 Å². The summed E-state index contributed by atoms with van der Waals surface area (Å²) in [4.78, 5) is 16.0. The van der Waals surface area contributed by atoms with E-state index in [0.717, 1.165) is 40.3 Å². The van der Waals surface area contributed by atoms with E-state index in [2.05, 4.69) is 32.3 Å². The molecule has 1 fully saturated rings. The Morgan fingerprint density at radius 1 is 1.38 bits per heavy atom. The summed E-state index contributed by atoms with van der Waals surface area (Å²) in [5.41, 5.74) is 2.03. The highest BCUT2D eigenvalue weighted by atomic mass is 79.9. The maximum atomic E-state index is 11.6. The number of halogens is 1. The van der Waals surface area contributed by atoms with E-state index in [1.54, 1.807) is 0 Å². The molecule has 3 rings (SSSR count). The maximum absolute atomic E-state index is 11.6. The Hall–Kier alpha value is -1.62. The number of esters is 1. The second-order valence-electron chi connectivity index (χ2n) is 5.39. The number of nitrogens with one attached hydrogen (secondary N) is 1. The zero-order valence-corrected chi connectivity index (χ0v) is 13.4. The normalized spacial score (nSPS) is 21.4. The largest absolute Gasteiger partial charge is 0.469 e. The minimum Gasteiger partial charge on any atom is -0.469 e. The number of fused-ring (bicyclic) bond motifs is 1. The van der Waals surface area contributed by atoms with Gasteiger partial charge in [-0.3, -0.25) is 9.78 Å². The molecule has 4 nitrogen and oxygen atoms in total. The molecule has 1 aromatic heterocycles. The maximum Gasteiger partial charge on any atom is 0.308 e. The minimum absolute atomic E-state index is 0.0207. The van der Waals surface area contributed by atoms with E-state index in [9.17, 15) is 4.79 Å². The molecule has 1 heterocycles. The molecule has 0 spiro atoms. The van der Waals surface area contributed by atoms with Gasteiger partial charge in [-0.05, 0) is 43.5 Å². The van der Waals surface area contributed by atoms with Gasteiger partial charge in [0.2, 0.25) is 0 Å². The SMILES string of the molecule is COC(=O)[C@H]1CC[C@@H](Nc2ccnc3ccc(Br)cc23)C1. The van der Waals surface area contributed by atoms with Crippen molar-refractivity contribution in [1.29, 1.82) is 0 Å². The Kier molecular flexibility index (Phi) is 4.10. The zero-order chi connectivity index (χ0) is 14.8. The van der Waals surface area contributed by atoms with E-state index in [1.165, 1.54) is 7.11 Å². The van der Waals surface area contributed by atoms with Gasteiger partial charge in [-0.2, -0.15) is 0 Å². The molecule has 1 N–H and O–H groups in total. The number of benzene rings is 1. The molecule has 0 aliphatic heterocycles. The fourth-order valence-corrected chi connectivity index (χ4v) is 3.32. The van der Waals surface area contributed by atoms with Gasteiger partial charge in [0.05, 0.1) is 18.5 Å². The summed E-state index contributed by atoms with van der Waals surface area (Å²) in [6.07, 6.45) is 4.50. The number of ether oxygens (including phenoxy) is 1. The van der Waals surface area contributed by atoms with Gasteiger partial charge < -0.3 is 10.1 Å². The van der Waals surface area contributed by atoms with Crippen molar-refractivity contribution in [3.63, 3.8) is 0 Å². The van der Waals surface area contributed by atoms with Crippen LogP contribution < -0.4 is 5.32 Å². The third-order valence-electron chi connectivity index (χ3n) is 4.03. The Morgan fingerprint density at radius 2 is 2.24 bits per heavy atom. The lowest BCUT2D eigenvalue weighted by atomic mass is 10.1.